The first-order valence-corrected chi connectivity index (χ1v) is 5.44. The van der Waals surface area contributed by atoms with Gasteiger partial charge in [-0.25, -0.2) is 9.59 Å². The molecule has 2 amide bonds. The molecule has 1 atom stereocenters. The van der Waals surface area contributed by atoms with Gasteiger partial charge in [-0.3, -0.25) is 0 Å². The molecule has 0 unspecified atom stereocenters. The Hall–Kier alpha value is -1.30. The van der Waals surface area contributed by atoms with Crippen LogP contribution in [0, 0.1) is 0 Å². The third-order valence-corrected chi connectivity index (χ3v) is 2.63. The Labute approximate surface area is 95.2 Å². The molecule has 1 rings (SSSR count). The van der Waals surface area contributed by atoms with Gasteiger partial charge in [0.15, 0.2) is 0 Å². The van der Waals surface area contributed by atoms with Crippen molar-refractivity contribution in [3.63, 3.8) is 0 Å². The van der Waals surface area contributed by atoms with Crippen LogP contribution in [0.25, 0.3) is 0 Å². The van der Waals surface area contributed by atoms with Gasteiger partial charge in [0.1, 0.15) is 6.04 Å². The van der Waals surface area contributed by atoms with Crippen LogP contribution in [-0.4, -0.2) is 66.7 Å². The van der Waals surface area contributed by atoms with Crippen molar-refractivity contribution in [2.45, 2.75) is 18.9 Å². The number of nitrogens with one attached hydrogen (secondary N) is 1. The van der Waals surface area contributed by atoms with Gasteiger partial charge < -0.3 is 20.2 Å². The van der Waals surface area contributed by atoms with E-state index >= 15 is 0 Å². The molecule has 6 heteroatoms. The Morgan fingerprint density at radius 3 is 2.75 bits per heavy atom. The lowest BCUT2D eigenvalue weighted by molar-refractivity contribution is -0.141. The van der Waals surface area contributed by atoms with E-state index in [4.69, 9.17) is 5.11 Å². The molecule has 1 aliphatic rings. The van der Waals surface area contributed by atoms with Crippen LogP contribution in [0.4, 0.5) is 4.79 Å². The Balaban J connectivity index is 2.38. The summed E-state index contributed by atoms with van der Waals surface area (Å²) in [7, 11) is 3.84. The normalized spacial score (nSPS) is 20.2. The van der Waals surface area contributed by atoms with E-state index in [0.29, 0.717) is 19.5 Å². The van der Waals surface area contributed by atoms with E-state index in [-0.39, 0.29) is 6.03 Å². The van der Waals surface area contributed by atoms with Gasteiger partial charge in [0.2, 0.25) is 0 Å². The number of nitrogens with zero attached hydrogens (tertiary/aromatic N) is 2. The minimum absolute atomic E-state index is 0.272. The van der Waals surface area contributed by atoms with Gasteiger partial charge in [0, 0.05) is 19.6 Å². The van der Waals surface area contributed by atoms with Crippen LogP contribution < -0.4 is 5.32 Å². The molecule has 16 heavy (non-hydrogen) atoms. The standard InChI is InChI=1S/C10H19N3O3/c1-12(2)7-5-11-10(16)13-6-3-4-8(13)9(14)15/h8H,3-7H2,1-2H3,(H,11,16)(H,14,15)/t8-/m1/s1. The number of carboxylic acid groups (broad SMARTS) is 1. The minimum Gasteiger partial charge on any atom is -0.480 e. The van der Waals surface area contributed by atoms with Crippen LogP contribution in [0.5, 0.6) is 0 Å². The summed E-state index contributed by atoms with van der Waals surface area (Å²) < 4.78 is 0. The van der Waals surface area contributed by atoms with E-state index in [2.05, 4.69) is 5.32 Å². The zero-order valence-electron chi connectivity index (χ0n) is 9.77. The predicted octanol–water partition coefficient (Wildman–Crippen LogP) is -0.193. The number of carbonyl (C=O) groups is 2. The first kappa shape index (κ1) is 12.8. The number of likely N-dealkylation sites (N-methyl/N-ethyl adjacent to an activating group) is 1. The van der Waals surface area contributed by atoms with Crippen LogP contribution >= 0.6 is 0 Å². The summed E-state index contributed by atoms with van der Waals surface area (Å²) in [6.07, 6.45) is 1.31. The Kier molecular flexibility index (Phi) is 4.54. The highest BCUT2D eigenvalue weighted by Gasteiger charge is 2.33. The molecule has 1 saturated heterocycles. The number of hydrogen-bond acceptors (Lipinski definition) is 3. The SMILES string of the molecule is CN(C)CCNC(=O)N1CCC[C@@H]1C(=O)O. The van der Waals surface area contributed by atoms with Gasteiger partial charge in [-0.2, -0.15) is 0 Å². The molecule has 0 radical (unpaired) electrons. The topological polar surface area (TPSA) is 72.9 Å². The van der Waals surface area contributed by atoms with Gasteiger partial charge >= 0.3 is 12.0 Å². The number of rotatable bonds is 4. The summed E-state index contributed by atoms with van der Waals surface area (Å²) in [5, 5.41) is 11.6. The molecule has 1 heterocycles. The van der Waals surface area contributed by atoms with E-state index in [9.17, 15) is 9.59 Å². The number of urea groups is 1. The molecule has 0 aliphatic carbocycles. The maximum atomic E-state index is 11.7. The van der Waals surface area contributed by atoms with Gasteiger partial charge in [-0.15, -0.1) is 0 Å². The smallest absolute Gasteiger partial charge is 0.326 e. The Morgan fingerprint density at radius 2 is 2.19 bits per heavy atom. The van der Waals surface area contributed by atoms with Crippen molar-refractivity contribution in [3.8, 4) is 0 Å². The molecule has 92 valence electrons. The van der Waals surface area contributed by atoms with E-state index in [0.717, 1.165) is 13.0 Å². The predicted molar refractivity (Wildman–Crippen MR) is 59.3 cm³/mol. The number of hydrogen-bond donors (Lipinski definition) is 2. The van der Waals surface area contributed by atoms with Crippen molar-refractivity contribution in [2.24, 2.45) is 0 Å². The quantitative estimate of drug-likeness (QED) is 0.700. The van der Waals surface area contributed by atoms with Crippen LogP contribution in [0.3, 0.4) is 0 Å². The van der Waals surface area contributed by atoms with Crippen molar-refractivity contribution < 1.29 is 14.7 Å². The molecule has 0 saturated carbocycles. The fourth-order valence-electron chi connectivity index (χ4n) is 1.75. The first-order valence-electron chi connectivity index (χ1n) is 5.44. The molecule has 1 fully saturated rings. The second-order valence-electron chi connectivity index (χ2n) is 4.22. The van der Waals surface area contributed by atoms with Crippen LogP contribution in [0.2, 0.25) is 0 Å². The van der Waals surface area contributed by atoms with Gasteiger partial charge in [-0.05, 0) is 26.9 Å². The largest absolute Gasteiger partial charge is 0.480 e. The van der Waals surface area contributed by atoms with Gasteiger partial charge in [0.25, 0.3) is 0 Å². The van der Waals surface area contributed by atoms with Crippen molar-refractivity contribution in [2.75, 3.05) is 33.7 Å². The maximum absolute atomic E-state index is 11.7. The number of carbonyl (C=O) groups excluding carboxylic acids is 1. The average molecular weight is 229 g/mol. The van der Waals surface area contributed by atoms with Crippen molar-refractivity contribution in [3.05, 3.63) is 0 Å². The molecule has 2 N–H and O–H groups in total. The fourth-order valence-corrected chi connectivity index (χ4v) is 1.75. The number of aliphatic carboxylic acids is 1. The molecule has 0 spiro atoms. The van der Waals surface area contributed by atoms with Crippen molar-refractivity contribution in [1.82, 2.24) is 15.1 Å². The lowest BCUT2D eigenvalue weighted by atomic mass is 10.2. The Morgan fingerprint density at radius 1 is 1.50 bits per heavy atom. The monoisotopic (exact) mass is 229 g/mol. The molecule has 0 aromatic carbocycles. The summed E-state index contributed by atoms with van der Waals surface area (Å²) in [4.78, 5) is 25.9. The second kappa shape index (κ2) is 5.69. The number of amides is 2. The van der Waals surface area contributed by atoms with E-state index in [1.165, 1.54) is 4.90 Å². The fraction of sp³-hybridized carbons (Fsp3) is 0.800. The second-order valence-corrected chi connectivity index (χ2v) is 4.22. The zero-order valence-corrected chi connectivity index (χ0v) is 9.77. The highest BCUT2D eigenvalue weighted by atomic mass is 16.4. The van der Waals surface area contributed by atoms with Crippen LogP contribution in [0.15, 0.2) is 0 Å². The number of carboxylic acids is 1. The first-order chi connectivity index (χ1) is 7.52. The van der Waals surface area contributed by atoms with Crippen molar-refractivity contribution in [1.29, 1.82) is 0 Å². The third kappa shape index (κ3) is 3.37. The summed E-state index contributed by atoms with van der Waals surface area (Å²) in [6.45, 7) is 1.82. The molecule has 0 aromatic heterocycles. The van der Waals surface area contributed by atoms with Crippen LogP contribution in [-0.2, 0) is 4.79 Å². The molecule has 0 bridgehead atoms. The summed E-state index contributed by atoms with van der Waals surface area (Å²) in [6, 6.07) is -0.925. The maximum Gasteiger partial charge on any atom is 0.326 e. The average Bonchev–Trinajstić information content (AvgIpc) is 2.65. The molecule has 6 nitrogen and oxygen atoms in total. The molecular weight excluding hydrogens is 210 g/mol. The Bertz CT molecular complexity index is 268. The summed E-state index contributed by atoms with van der Waals surface area (Å²) in [5.74, 6) is -0.916. The highest BCUT2D eigenvalue weighted by molar-refractivity contribution is 5.83. The van der Waals surface area contributed by atoms with Gasteiger partial charge in [0.05, 0.1) is 0 Å². The van der Waals surface area contributed by atoms with E-state index in [1.54, 1.807) is 0 Å². The number of likely N-dealkylation sites (tertiary alicyclic amines) is 1. The lowest BCUT2D eigenvalue weighted by Crippen LogP contribution is -2.47. The van der Waals surface area contributed by atoms with Crippen LogP contribution in [0.1, 0.15) is 12.8 Å². The van der Waals surface area contributed by atoms with E-state index < -0.39 is 12.0 Å². The minimum atomic E-state index is -0.916. The highest BCUT2D eigenvalue weighted by Crippen LogP contribution is 2.16. The lowest BCUT2D eigenvalue weighted by Gasteiger charge is -2.22. The summed E-state index contributed by atoms with van der Waals surface area (Å²) in [5.41, 5.74) is 0. The van der Waals surface area contributed by atoms with E-state index in [1.807, 2.05) is 19.0 Å². The zero-order chi connectivity index (χ0) is 12.1. The van der Waals surface area contributed by atoms with Crippen molar-refractivity contribution >= 4 is 12.0 Å². The molecule has 0 aromatic rings. The molecule has 1 aliphatic heterocycles. The summed E-state index contributed by atoms with van der Waals surface area (Å²) >= 11 is 0. The third-order valence-electron chi connectivity index (χ3n) is 2.63. The van der Waals surface area contributed by atoms with Gasteiger partial charge in [-0.1, -0.05) is 0 Å². The molecular formula is C10H19N3O3.